The number of likely N-dealkylation sites (tertiary alicyclic amines) is 1. The first-order valence-electron chi connectivity index (χ1n) is 13.3. The number of amides is 4. The van der Waals surface area contributed by atoms with Crippen LogP contribution in [0.1, 0.15) is 37.8 Å². The molecule has 7 rings (SSSR count). The Balaban J connectivity index is 1.35. The van der Waals surface area contributed by atoms with Crippen molar-refractivity contribution >= 4 is 51.9 Å². The summed E-state index contributed by atoms with van der Waals surface area (Å²) in [6, 6.07) is 7.01. The Hall–Kier alpha value is -5.38. The molecular formula is C32H22N2O8. The van der Waals surface area contributed by atoms with Crippen molar-refractivity contribution < 1.29 is 38.2 Å². The van der Waals surface area contributed by atoms with Crippen LogP contribution in [0.15, 0.2) is 79.5 Å². The molecule has 1 fully saturated rings. The fourth-order valence-electron chi connectivity index (χ4n) is 6.95. The number of hydrogen-bond acceptors (Lipinski definition) is 8. The number of benzene rings is 2. The number of ether oxygens (including phenoxy) is 2. The summed E-state index contributed by atoms with van der Waals surface area (Å²) in [7, 11) is 0. The molecule has 0 N–H and O–H groups in total. The van der Waals surface area contributed by atoms with E-state index in [1.54, 1.807) is 24.3 Å². The molecule has 0 radical (unpaired) electrons. The average Bonchev–Trinajstić information content (AvgIpc) is 3.01. The lowest BCUT2D eigenvalue weighted by Gasteiger charge is -2.49. The van der Waals surface area contributed by atoms with Crippen molar-refractivity contribution in [2.75, 3.05) is 13.5 Å². The van der Waals surface area contributed by atoms with Crippen LogP contribution < -0.4 is 0 Å². The molecule has 10 heteroatoms. The van der Waals surface area contributed by atoms with Crippen molar-refractivity contribution in [3.05, 3.63) is 102 Å². The zero-order valence-electron chi connectivity index (χ0n) is 22.1. The Morgan fingerprint density at radius 2 is 1.24 bits per heavy atom. The standard InChI is InChI=1S/C32H22N2O8/c1-3-23(35)41-13-33-29(37)19-9-5-15-17-7-11-21-28-22(32(40)34(31(21)39)14-42-24(36)4-2)12-8-18(26(17)28)16-6-10-20(30(33)38)27(19)25(15)16/h3-12,15,19,25,27H,1-2,13-14H2. The number of piperidine rings is 1. The van der Waals surface area contributed by atoms with Crippen molar-refractivity contribution in [1.82, 2.24) is 9.80 Å². The summed E-state index contributed by atoms with van der Waals surface area (Å²) in [5, 5.41) is 1.30. The number of carbonyl (C=O) groups is 6. The second kappa shape index (κ2) is 9.07. The minimum atomic E-state index is -0.752. The van der Waals surface area contributed by atoms with E-state index in [0.717, 1.165) is 44.0 Å². The Kier molecular flexibility index (Phi) is 5.52. The van der Waals surface area contributed by atoms with Crippen molar-refractivity contribution in [1.29, 1.82) is 0 Å². The normalized spacial score (nSPS) is 24.6. The molecule has 0 saturated carbocycles. The van der Waals surface area contributed by atoms with E-state index in [4.69, 9.17) is 9.47 Å². The van der Waals surface area contributed by atoms with Gasteiger partial charge < -0.3 is 9.47 Å². The molecule has 2 heterocycles. The van der Waals surface area contributed by atoms with Gasteiger partial charge in [0.05, 0.1) is 5.92 Å². The third kappa shape index (κ3) is 3.32. The van der Waals surface area contributed by atoms with Crippen LogP contribution in [-0.4, -0.2) is 58.8 Å². The largest absolute Gasteiger partial charge is 0.441 e. The molecule has 1 saturated heterocycles. The van der Waals surface area contributed by atoms with Crippen LogP contribution in [0, 0.1) is 17.8 Å². The van der Waals surface area contributed by atoms with Gasteiger partial charge in [-0.3, -0.25) is 19.2 Å². The molecule has 4 unspecified atom stereocenters. The van der Waals surface area contributed by atoms with Crippen molar-refractivity contribution in [2.45, 2.75) is 5.92 Å². The third-order valence-corrected chi connectivity index (χ3v) is 8.71. The smallest absolute Gasteiger partial charge is 0.331 e. The molecule has 3 aliphatic carbocycles. The minimum Gasteiger partial charge on any atom is -0.441 e. The number of fused-ring (bicyclic) bond motifs is 2. The van der Waals surface area contributed by atoms with E-state index in [1.165, 1.54) is 0 Å². The molecule has 0 aromatic heterocycles. The Bertz CT molecular complexity index is 1810. The molecule has 0 spiro atoms. The van der Waals surface area contributed by atoms with Crippen LogP contribution >= 0.6 is 0 Å². The second-order valence-corrected chi connectivity index (χ2v) is 10.5. The van der Waals surface area contributed by atoms with E-state index in [2.05, 4.69) is 13.2 Å². The van der Waals surface area contributed by atoms with E-state index < -0.39 is 60.9 Å². The first-order chi connectivity index (χ1) is 20.3. The van der Waals surface area contributed by atoms with Crippen LogP contribution in [0.25, 0.3) is 16.3 Å². The zero-order valence-corrected chi connectivity index (χ0v) is 22.1. The molecule has 4 atom stereocenters. The molecule has 2 aliphatic heterocycles. The quantitative estimate of drug-likeness (QED) is 0.228. The van der Waals surface area contributed by atoms with Gasteiger partial charge in [0.15, 0.2) is 13.5 Å². The van der Waals surface area contributed by atoms with Crippen LogP contribution in [0.2, 0.25) is 0 Å². The molecule has 10 nitrogen and oxygen atoms in total. The molecule has 4 amide bonds. The molecule has 0 bridgehead atoms. The lowest BCUT2D eigenvalue weighted by Crippen LogP contribution is -2.55. The van der Waals surface area contributed by atoms with E-state index >= 15 is 0 Å². The maximum atomic E-state index is 13.5. The van der Waals surface area contributed by atoms with Crippen molar-refractivity contribution in [3.63, 3.8) is 0 Å². The molecular weight excluding hydrogens is 540 g/mol. The van der Waals surface area contributed by atoms with Gasteiger partial charge in [0.2, 0.25) is 5.91 Å². The SMILES string of the molecule is C=CC(=O)OCN1C(=O)c2ccc3c4c(ccc(c24)C1=O)C1C=CC2C(=O)N(COC(=O)C=C)C(=O)C4=CC=C3C1C42. The number of carbonyl (C=O) groups excluding carboxylic acids is 6. The highest BCUT2D eigenvalue weighted by molar-refractivity contribution is 6.27. The van der Waals surface area contributed by atoms with Gasteiger partial charge in [0, 0.05) is 52.0 Å². The van der Waals surface area contributed by atoms with Crippen LogP contribution in [0.3, 0.4) is 0 Å². The summed E-state index contributed by atoms with van der Waals surface area (Å²) >= 11 is 0. The number of hydrogen-bond donors (Lipinski definition) is 0. The molecule has 2 aromatic carbocycles. The molecule has 42 heavy (non-hydrogen) atoms. The van der Waals surface area contributed by atoms with E-state index in [-0.39, 0.29) is 11.8 Å². The van der Waals surface area contributed by atoms with Gasteiger partial charge in [-0.1, -0.05) is 49.6 Å². The van der Waals surface area contributed by atoms with E-state index in [9.17, 15) is 28.8 Å². The van der Waals surface area contributed by atoms with Crippen LogP contribution in [-0.2, 0) is 28.7 Å². The summed E-state index contributed by atoms with van der Waals surface area (Å²) in [6.45, 7) is 5.64. The van der Waals surface area contributed by atoms with Crippen molar-refractivity contribution in [3.8, 4) is 0 Å². The Morgan fingerprint density at radius 1 is 0.690 bits per heavy atom. The number of esters is 2. The highest BCUT2D eigenvalue weighted by Gasteiger charge is 2.54. The Morgan fingerprint density at radius 3 is 1.90 bits per heavy atom. The third-order valence-electron chi connectivity index (χ3n) is 8.71. The summed E-state index contributed by atoms with van der Waals surface area (Å²) in [6.07, 6.45) is 9.24. The number of allylic oxidation sites excluding steroid dienone is 4. The topological polar surface area (TPSA) is 127 Å². The van der Waals surface area contributed by atoms with Gasteiger partial charge >= 0.3 is 11.9 Å². The maximum absolute atomic E-state index is 13.5. The van der Waals surface area contributed by atoms with Gasteiger partial charge in [-0.15, -0.1) is 0 Å². The summed E-state index contributed by atoms with van der Waals surface area (Å²) in [5.74, 6) is -5.11. The predicted molar refractivity (Wildman–Crippen MR) is 147 cm³/mol. The first kappa shape index (κ1) is 25.6. The van der Waals surface area contributed by atoms with Gasteiger partial charge in [-0.2, -0.15) is 0 Å². The summed E-state index contributed by atoms with van der Waals surface area (Å²) in [5.41, 5.74) is 3.71. The summed E-state index contributed by atoms with van der Waals surface area (Å²) < 4.78 is 10.0. The first-order valence-corrected chi connectivity index (χ1v) is 13.3. The fraction of sp³-hybridized carbons (Fsp3) is 0.188. The van der Waals surface area contributed by atoms with Crippen molar-refractivity contribution in [2.24, 2.45) is 17.8 Å². The highest BCUT2D eigenvalue weighted by Crippen LogP contribution is 2.58. The minimum absolute atomic E-state index is 0.222. The molecule has 208 valence electrons. The monoisotopic (exact) mass is 562 g/mol. The second-order valence-electron chi connectivity index (χ2n) is 10.5. The maximum Gasteiger partial charge on any atom is 0.331 e. The zero-order chi connectivity index (χ0) is 29.4. The number of nitrogens with zero attached hydrogens (tertiary/aromatic N) is 2. The van der Waals surface area contributed by atoms with Gasteiger partial charge in [-0.05, 0) is 34.2 Å². The van der Waals surface area contributed by atoms with Gasteiger partial charge in [0.1, 0.15) is 0 Å². The molecule has 2 aromatic rings. The Labute approximate surface area is 238 Å². The average molecular weight is 563 g/mol. The highest BCUT2D eigenvalue weighted by atomic mass is 16.5. The molecule has 5 aliphatic rings. The number of rotatable bonds is 6. The van der Waals surface area contributed by atoms with Crippen LogP contribution in [0.5, 0.6) is 0 Å². The van der Waals surface area contributed by atoms with E-state index in [1.807, 2.05) is 24.3 Å². The van der Waals surface area contributed by atoms with Gasteiger partial charge in [0.25, 0.3) is 17.7 Å². The van der Waals surface area contributed by atoms with Crippen LogP contribution in [0.4, 0.5) is 0 Å². The lowest BCUT2D eigenvalue weighted by molar-refractivity contribution is -0.160. The van der Waals surface area contributed by atoms with Gasteiger partial charge in [-0.25, -0.2) is 19.4 Å². The fourth-order valence-corrected chi connectivity index (χ4v) is 6.95. The predicted octanol–water partition coefficient (Wildman–Crippen LogP) is 3.02. The summed E-state index contributed by atoms with van der Waals surface area (Å²) in [4.78, 5) is 78.9. The number of imide groups is 2. The lowest BCUT2D eigenvalue weighted by atomic mass is 9.56. The van der Waals surface area contributed by atoms with E-state index in [0.29, 0.717) is 22.1 Å².